The summed E-state index contributed by atoms with van der Waals surface area (Å²) in [4.78, 5) is 14.9. The van der Waals surface area contributed by atoms with E-state index in [-0.39, 0.29) is 17.9 Å². The highest BCUT2D eigenvalue weighted by molar-refractivity contribution is 5.88. The molecule has 0 spiro atoms. The van der Waals surface area contributed by atoms with Crippen LogP contribution < -0.4 is 4.74 Å². The number of carbonyl (C=O) groups is 1. The average Bonchev–Trinajstić information content (AvgIpc) is 2.36. The Labute approximate surface area is 109 Å². The fourth-order valence-corrected chi connectivity index (χ4v) is 1.60. The molecule has 19 heavy (non-hydrogen) atoms. The van der Waals surface area contributed by atoms with E-state index in [2.05, 4.69) is 4.98 Å². The second-order valence-corrected chi connectivity index (χ2v) is 4.01. The number of aryl methyl sites for hydroxylation is 1. The maximum Gasteiger partial charge on any atom is 0.338 e. The minimum Gasteiger partial charge on any atom is -0.487 e. The number of benzene rings is 1. The molecule has 1 N–H and O–H groups in total. The lowest BCUT2D eigenvalue weighted by molar-refractivity contribution is 0.0692. The number of aromatic nitrogens is 1. The van der Waals surface area contributed by atoms with Gasteiger partial charge in [0.25, 0.3) is 0 Å². The third-order valence-corrected chi connectivity index (χ3v) is 2.50. The van der Waals surface area contributed by atoms with Gasteiger partial charge in [-0.1, -0.05) is 6.07 Å². The zero-order valence-corrected chi connectivity index (χ0v) is 10.3. The Morgan fingerprint density at radius 2 is 2.16 bits per heavy atom. The summed E-state index contributed by atoms with van der Waals surface area (Å²) < 4.78 is 18.8. The number of pyridine rings is 1. The molecule has 1 heterocycles. The van der Waals surface area contributed by atoms with Crippen molar-refractivity contribution in [2.24, 2.45) is 0 Å². The first kappa shape index (κ1) is 13.0. The summed E-state index contributed by atoms with van der Waals surface area (Å²) in [5, 5.41) is 8.70. The first-order valence-electron chi connectivity index (χ1n) is 5.64. The highest BCUT2D eigenvalue weighted by Crippen LogP contribution is 2.17. The summed E-state index contributed by atoms with van der Waals surface area (Å²) in [6.45, 7) is 2.07. The molecule has 0 radical (unpaired) electrons. The maximum absolute atomic E-state index is 13.4. The largest absolute Gasteiger partial charge is 0.487 e. The molecule has 1 aromatic carbocycles. The zero-order chi connectivity index (χ0) is 13.8. The van der Waals surface area contributed by atoms with Crippen molar-refractivity contribution in [1.82, 2.24) is 4.98 Å². The minimum atomic E-state index is -1.30. The van der Waals surface area contributed by atoms with Crippen LogP contribution >= 0.6 is 0 Å². The smallest absolute Gasteiger partial charge is 0.338 e. The van der Waals surface area contributed by atoms with E-state index in [1.807, 2.05) is 19.1 Å². The van der Waals surface area contributed by atoms with Gasteiger partial charge in [-0.2, -0.15) is 0 Å². The Balaban J connectivity index is 2.08. The number of halogens is 1. The molecule has 2 aromatic rings. The van der Waals surface area contributed by atoms with Crippen molar-refractivity contribution in [2.75, 3.05) is 0 Å². The summed E-state index contributed by atoms with van der Waals surface area (Å²) in [5.74, 6) is -1.85. The molecule has 0 aliphatic heterocycles. The highest BCUT2D eigenvalue weighted by atomic mass is 19.1. The molecule has 0 saturated heterocycles. The van der Waals surface area contributed by atoms with Gasteiger partial charge < -0.3 is 9.84 Å². The van der Waals surface area contributed by atoms with Crippen molar-refractivity contribution in [3.05, 3.63) is 59.2 Å². The average molecular weight is 261 g/mol. The van der Waals surface area contributed by atoms with Gasteiger partial charge >= 0.3 is 5.97 Å². The number of carboxylic acid groups (broad SMARTS) is 1. The predicted molar refractivity (Wildman–Crippen MR) is 66.7 cm³/mol. The molecule has 0 atom stereocenters. The quantitative estimate of drug-likeness (QED) is 0.919. The van der Waals surface area contributed by atoms with Gasteiger partial charge in [0.05, 0.1) is 11.3 Å². The minimum absolute atomic E-state index is 0.202. The van der Waals surface area contributed by atoms with E-state index in [9.17, 15) is 9.18 Å². The molecule has 0 aliphatic carbocycles. The molecule has 2 rings (SSSR count). The van der Waals surface area contributed by atoms with Crippen molar-refractivity contribution in [2.45, 2.75) is 13.5 Å². The van der Waals surface area contributed by atoms with Crippen LogP contribution in [-0.2, 0) is 6.61 Å². The molecule has 0 amide bonds. The highest BCUT2D eigenvalue weighted by Gasteiger charge is 2.10. The Morgan fingerprint density at radius 1 is 1.37 bits per heavy atom. The standard InChI is InChI=1S/C14H12FNO3/c1-9-3-2-4-10(16-9)8-19-11-5-6-12(14(17)18)13(15)7-11/h2-7H,8H2,1H3,(H,17,18). The van der Waals surface area contributed by atoms with Crippen LogP contribution in [0.5, 0.6) is 5.75 Å². The summed E-state index contributed by atoms with van der Waals surface area (Å²) >= 11 is 0. The van der Waals surface area contributed by atoms with Crippen LogP contribution in [0.25, 0.3) is 0 Å². The van der Waals surface area contributed by atoms with Gasteiger partial charge in [0.15, 0.2) is 0 Å². The summed E-state index contributed by atoms with van der Waals surface area (Å²) in [6.07, 6.45) is 0. The van der Waals surface area contributed by atoms with Crippen LogP contribution in [0.3, 0.4) is 0 Å². The molecule has 4 nitrogen and oxygen atoms in total. The lowest BCUT2D eigenvalue weighted by atomic mass is 10.2. The van der Waals surface area contributed by atoms with Gasteiger partial charge in [0.2, 0.25) is 0 Å². The van der Waals surface area contributed by atoms with E-state index in [4.69, 9.17) is 9.84 Å². The van der Waals surface area contributed by atoms with E-state index in [1.165, 1.54) is 12.1 Å². The van der Waals surface area contributed by atoms with Gasteiger partial charge in [0, 0.05) is 11.8 Å². The number of rotatable bonds is 4. The molecule has 0 fully saturated rings. The normalized spacial score (nSPS) is 10.2. The van der Waals surface area contributed by atoms with Crippen LogP contribution in [0.2, 0.25) is 0 Å². The fourth-order valence-electron chi connectivity index (χ4n) is 1.60. The maximum atomic E-state index is 13.4. The Morgan fingerprint density at radius 3 is 2.79 bits per heavy atom. The Bertz CT molecular complexity index is 613. The van der Waals surface area contributed by atoms with E-state index in [1.54, 1.807) is 6.07 Å². The first-order valence-corrected chi connectivity index (χ1v) is 5.64. The third-order valence-electron chi connectivity index (χ3n) is 2.50. The number of nitrogens with zero attached hydrogens (tertiary/aromatic N) is 1. The van der Waals surface area contributed by atoms with Crippen molar-refractivity contribution < 1.29 is 19.0 Å². The van der Waals surface area contributed by atoms with Crippen molar-refractivity contribution in [3.63, 3.8) is 0 Å². The molecule has 0 unspecified atom stereocenters. The monoisotopic (exact) mass is 261 g/mol. The van der Waals surface area contributed by atoms with Crippen LogP contribution in [0.4, 0.5) is 4.39 Å². The van der Waals surface area contributed by atoms with Gasteiger partial charge in [-0.3, -0.25) is 4.98 Å². The van der Waals surface area contributed by atoms with Gasteiger partial charge in [-0.05, 0) is 31.2 Å². The van der Waals surface area contributed by atoms with Gasteiger partial charge in [-0.25, -0.2) is 9.18 Å². The fraction of sp³-hybridized carbons (Fsp3) is 0.143. The van der Waals surface area contributed by atoms with Crippen LogP contribution in [-0.4, -0.2) is 16.1 Å². The molecule has 0 aliphatic rings. The van der Waals surface area contributed by atoms with Gasteiger partial charge in [0.1, 0.15) is 18.2 Å². The van der Waals surface area contributed by atoms with Crippen LogP contribution in [0.15, 0.2) is 36.4 Å². The van der Waals surface area contributed by atoms with Gasteiger partial charge in [-0.15, -0.1) is 0 Å². The first-order chi connectivity index (χ1) is 9.06. The van der Waals surface area contributed by atoms with E-state index in [0.717, 1.165) is 17.5 Å². The second kappa shape index (κ2) is 5.48. The zero-order valence-electron chi connectivity index (χ0n) is 10.3. The van der Waals surface area contributed by atoms with Crippen LogP contribution in [0.1, 0.15) is 21.7 Å². The third kappa shape index (κ3) is 3.28. The lowest BCUT2D eigenvalue weighted by Gasteiger charge is -2.07. The SMILES string of the molecule is Cc1cccc(COc2ccc(C(=O)O)c(F)c2)n1. The molecule has 5 heteroatoms. The molecule has 98 valence electrons. The van der Waals surface area contributed by atoms with E-state index < -0.39 is 11.8 Å². The number of ether oxygens (including phenoxy) is 1. The molecular formula is C14H12FNO3. The van der Waals surface area contributed by atoms with E-state index >= 15 is 0 Å². The topological polar surface area (TPSA) is 59.4 Å². The van der Waals surface area contributed by atoms with E-state index in [0.29, 0.717) is 0 Å². The summed E-state index contributed by atoms with van der Waals surface area (Å²) in [7, 11) is 0. The second-order valence-electron chi connectivity index (χ2n) is 4.01. The summed E-state index contributed by atoms with van der Waals surface area (Å²) in [6, 6.07) is 9.17. The predicted octanol–water partition coefficient (Wildman–Crippen LogP) is 2.81. The number of carboxylic acids is 1. The molecular weight excluding hydrogens is 249 g/mol. The number of hydrogen-bond donors (Lipinski definition) is 1. The van der Waals surface area contributed by atoms with Crippen LogP contribution in [0, 0.1) is 12.7 Å². The molecule has 1 aromatic heterocycles. The van der Waals surface area contributed by atoms with Crippen molar-refractivity contribution in [1.29, 1.82) is 0 Å². The summed E-state index contributed by atoms with van der Waals surface area (Å²) in [5.41, 5.74) is 1.22. The van der Waals surface area contributed by atoms with Crippen molar-refractivity contribution >= 4 is 5.97 Å². The molecule has 0 bridgehead atoms. The Kier molecular flexibility index (Phi) is 3.75. The Hall–Kier alpha value is -2.43. The number of aromatic carboxylic acids is 1. The molecule has 0 saturated carbocycles. The van der Waals surface area contributed by atoms with Crippen molar-refractivity contribution in [3.8, 4) is 5.75 Å². The lowest BCUT2D eigenvalue weighted by Crippen LogP contribution is -2.02. The number of hydrogen-bond acceptors (Lipinski definition) is 3.